The first-order valence-electron chi connectivity index (χ1n) is 7.19. The Balaban J connectivity index is 2.23. The largest absolute Gasteiger partial charge is 0.493 e. The highest BCUT2D eigenvalue weighted by molar-refractivity contribution is 5.43. The van der Waals surface area contributed by atoms with E-state index in [1.807, 2.05) is 25.1 Å². The van der Waals surface area contributed by atoms with Gasteiger partial charge in [-0.25, -0.2) is 0 Å². The third-order valence-corrected chi connectivity index (χ3v) is 4.63. The van der Waals surface area contributed by atoms with Crippen LogP contribution in [0.25, 0.3) is 0 Å². The summed E-state index contributed by atoms with van der Waals surface area (Å²) in [5.74, 6) is 1.34. The SMILES string of the molecule is COc1ccc(CC(C)(O)C2(CN)CCOC2)cc1OC. The second kappa shape index (κ2) is 6.22. The number of benzene rings is 1. The zero-order valence-corrected chi connectivity index (χ0v) is 13.0. The first-order valence-corrected chi connectivity index (χ1v) is 7.19. The molecule has 1 aliphatic rings. The van der Waals surface area contributed by atoms with Gasteiger partial charge < -0.3 is 25.1 Å². The normalized spacial score (nSPS) is 24.6. The Morgan fingerprint density at radius 3 is 2.57 bits per heavy atom. The molecule has 5 nitrogen and oxygen atoms in total. The third kappa shape index (κ3) is 3.00. The highest BCUT2D eigenvalue weighted by Gasteiger charge is 2.48. The summed E-state index contributed by atoms with van der Waals surface area (Å²) < 4.78 is 16.0. The lowest BCUT2D eigenvalue weighted by Crippen LogP contribution is -2.52. The number of hydrogen-bond donors (Lipinski definition) is 2. The maximum atomic E-state index is 11.0. The van der Waals surface area contributed by atoms with Crippen molar-refractivity contribution in [3.8, 4) is 11.5 Å². The summed E-state index contributed by atoms with van der Waals surface area (Å²) in [6.07, 6.45) is 1.28. The molecule has 0 aromatic heterocycles. The van der Waals surface area contributed by atoms with E-state index in [0.717, 1.165) is 12.0 Å². The highest BCUT2D eigenvalue weighted by atomic mass is 16.5. The molecule has 2 rings (SSSR count). The summed E-state index contributed by atoms with van der Waals surface area (Å²) in [7, 11) is 3.21. The maximum absolute atomic E-state index is 11.0. The summed E-state index contributed by atoms with van der Waals surface area (Å²) in [6, 6.07) is 5.69. The molecule has 21 heavy (non-hydrogen) atoms. The summed E-state index contributed by atoms with van der Waals surface area (Å²) in [4.78, 5) is 0. The summed E-state index contributed by atoms with van der Waals surface area (Å²) >= 11 is 0. The van der Waals surface area contributed by atoms with E-state index in [9.17, 15) is 5.11 Å². The van der Waals surface area contributed by atoms with Crippen LogP contribution in [0.15, 0.2) is 18.2 Å². The molecule has 5 heteroatoms. The van der Waals surface area contributed by atoms with Crippen LogP contribution in [0.1, 0.15) is 18.9 Å². The van der Waals surface area contributed by atoms with Crippen molar-refractivity contribution in [1.82, 2.24) is 0 Å². The summed E-state index contributed by atoms with van der Waals surface area (Å²) in [6.45, 7) is 3.40. The minimum atomic E-state index is -0.933. The minimum Gasteiger partial charge on any atom is -0.493 e. The average molecular weight is 295 g/mol. The van der Waals surface area contributed by atoms with Gasteiger partial charge in [-0.1, -0.05) is 6.07 Å². The molecule has 1 saturated heterocycles. The molecule has 0 saturated carbocycles. The van der Waals surface area contributed by atoms with Gasteiger partial charge >= 0.3 is 0 Å². The van der Waals surface area contributed by atoms with E-state index < -0.39 is 5.60 Å². The zero-order chi connectivity index (χ0) is 15.5. The van der Waals surface area contributed by atoms with E-state index in [4.69, 9.17) is 19.9 Å². The van der Waals surface area contributed by atoms with Gasteiger partial charge in [-0.2, -0.15) is 0 Å². The van der Waals surface area contributed by atoms with Crippen molar-refractivity contribution in [1.29, 1.82) is 0 Å². The predicted molar refractivity (Wildman–Crippen MR) is 80.8 cm³/mol. The number of rotatable bonds is 6. The fraction of sp³-hybridized carbons (Fsp3) is 0.625. The van der Waals surface area contributed by atoms with Crippen LogP contribution in [-0.4, -0.2) is 44.7 Å². The molecule has 1 aliphatic heterocycles. The molecule has 118 valence electrons. The number of hydrogen-bond acceptors (Lipinski definition) is 5. The third-order valence-electron chi connectivity index (χ3n) is 4.63. The van der Waals surface area contributed by atoms with Gasteiger partial charge in [0.2, 0.25) is 0 Å². The lowest BCUT2D eigenvalue weighted by atomic mass is 9.69. The van der Waals surface area contributed by atoms with Crippen molar-refractivity contribution in [2.24, 2.45) is 11.1 Å². The van der Waals surface area contributed by atoms with Crippen LogP contribution in [0.4, 0.5) is 0 Å². The van der Waals surface area contributed by atoms with Gasteiger partial charge in [0.1, 0.15) is 0 Å². The standard InChI is InChI=1S/C16H25NO4/c1-15(18,16(10-17)6-7-21-11-16)9-12-4-5-13(19-2)14(8-12)20-3/h4-5,8,18H,6-7,9-11,17H2,1-3H3. The fourth-order valence-electron chi connectivity index (χ4n) is 2.99. The molecule has 2 unspecified atom stereocenters. The Hall–Kier alpha value is -1.30. The molecular formula is C16H25NO4. The van der Waals surface area contributed by atoms with Gasteiger partial charge in [0.25, 0.3) is 0 Å². The van der Waals surface area contributed by atoms with Gasteiger partial charge in [0.05, 0.1) is 26.4 Å². The Bertz CT molecular complexity index is 481. The van der Waals surface area contributed by atoms with Crippen LogP contribution in [-0.2, 0) is 11.2 Å². The highest BCUT2D eigenvalue weighted by Crippen LogP contribution is 2.41. The number of nitrogens with two attached hydrogens (primary N) is 1. The van der Waals surface area contributed by atoms with Gasteiger partial charge in [-0.3, -0.25) is 0 Å². The molecule has 0 amide bonds. The van der Waals surface area contributed by atoms with E-state index in [-0.39, 0.29) is 5.41 Å². The predicted octanol–water partition coefficient (Wildman–Crippen LogP) is 1.36. The van der Waals surface area contributed by atoms with E-state index in [1.165, 1.54) is 0 Å². The molecule has 1 fully saturated rings. The molecule has 0 bridgehead atoms. The molecular weight excluding hydrogens is 270 g/mol. The lowest BCUT2D eigenvalue weighted by Gasteiger charge is -2.41. The van der Waals surface area contributed by atoms with Crippen LogP contribution in [0.5, 0.6) is 11.5 Å². The number of aliphatic hydroxyl groups is 1. The minimum absolute atomic E-state index is 0.389. The van der Waals surface area contributed by atoms with Gasteiger partial charge in [-0.05, 0) is 31.0 Å². The van der Waals surface area contributed by atoms with E-state index in [2.05, 4.69) is 0 Å². The smallest absolute Gasteiger partial charge is 0.160 e. The van der Waals surface area contributed by atoms with Crippen molar-refractivity contribution >= 4 is 0 Å². The molecule has 0 radical (unpaired) electrons. The van der Waals surface area contributed by atoms with Gasteiger partial charge in [0, 0.05) is 25.0 Å². The first kappa shape index (κ1) is 16.1. The fourth-order valence-corrected chi connectivity index (χ4v) is 2.99. The summed E-state index contributed by atoms with van der Waals surface area (Å²) in [5.41, 5.74) is 5.59. The zero-order valence-electron chi connectivity index (χ0n) is 13.0. The second-order valence-electron chi connectivity index (χ2n) is 5.93. The Kier molecular flexibility index (Phi) is 4.76. The van der Waals surface area contributed by atoms with Crippen molar-refractivity contribution in [2.45, 2.75) is 25.4 Å². The molecule has 1 aromatic carbocycles. The van der Waals surface area contributed by atoms with Gasteiger partial charge in [-0.15, -0.1) is 0 Å². The molecule has 2 atom stereocenters. The number of methoxy groups -OCH3 is 2. The van der Waals surface area contributed by atoms with Crippen LogP contribution >= 0.6 is 0 Å². The monoisotopic (exact) mass is 295 g/mol. The molecule has 1 heterocycles. The van der Waals surface area contributed by atoms with E-state index in [0.29, 0.717) is 37.7 Å². The van der Waals surface area contributed by atoms with Gasteiger partial charge in [0.15, 0.2) is 11.5 Å². The Morgan fingerprint density at radius 2 is 2.05 bits per heavy atom. The molecule has 0 spiro atoms. The van der Waals surface area contributed by atoms with Crippen LogP contribution < -0.4 is 15.2 Å². The Morgan fingerprint density at radius 1 is 1.33 bits per heavy atom. The van der Waals surface area contributed by atoms with Crippen molar-refractivity contribution in [2.75, 3.05) is 34.0 Å². The van der Waals surface area contributed by atoms with Crippen molar-refractivity contribution in [3.63, 3.8) is 0 Å². The lowest BCUT2D eigenvalue weighted by molar-refractivity contribution is -0.0681. The quantitative estimate of drug-likeness (QED) is 0.829. The van der Waals surface area contributed by atoms with Crippen molar-refractivity contribution < 1.29 is 19.3 Å². The van der Waals surface area contributed by atoms with Crippen LogP contribution in [0.2, 0.25) is 0 Å². The van der Waals surface area contributed by atoms with E-state index in [1.54, 1.807) is 14.2 Å². The van der Waals surface area contributed by atoms with Crippen LogP contribution in [0, 0.1) is 5.41 Å². The van der Waals surface area contributed by atoms with Crippen LogP contribution in [0.3, 0.4) is 0 Å². The van der Waals surface area contributed by atoms with Crippen molar-refractivity contribution in [3.05, 3.63) is 23.8 Å². The molecule has 3 N–H and O–H groups in total. The Labute approximate surface area is 126 Å². The maximum Gasteiger partial charge on any atom is 0.160 e. The molecule has 0 aliphatic carbocycles. The van der Waals surface area contributed by atoms with E-state index >= 15 is 0 Å². The average Bonchev–Trinajstić information content (AvgIpc) is 2.97. The number of ether oxygens (including phenoxy) is 3. The summed E-state index contributed by atoms with van der Waals surface area (Å²) in [5, 5.41) is 11.0. The second-order valence-corrected chi connectivity index (χ2v) is 5.93. The molecule has 1 aromatic rings. The first-order chi connectivity index (χ1) is 9.98. The topological polar surface area (TPSA) is 73.9 Å².